The van der Waals surface area contributed by atoms with Gasteiger partial charge in [-0.15, -0.1) is 12.4 Å². The quantitative estimate of drug-likeness (QED) is 0.862. The van der Waals surface area contributed by atoms with Gasteiger partial charge in [-0.1, -0.05) is 12.8 Å². The summed E-state index contributed by atoms with van der Waals surface area (Å²) >= 11 is 0. The Bertz CT molecular complexity index is 700. The predicted molar refractivity (Wildman–Crippen MR) is 101 cm³/mol. The number of nitrogens with two attached hydrogens (primary N) is 1. The van der Waals surface area contributed by atoms with E-state index >= 15 is 0 Å². The van der Waals surface area contributed by atoms with Gasteiger partial charge in [0.15, 0.2) is 9.84 Å². The van der Waals surface area contributed by atoms with Crippen LogP contribution in [0.5, 0.6) is 0 Å². The number of benzene rings is 1. The summed E-state index contributed by atoms with van der Waals surface area (Å²) in [5, 5.41) is -0.261. The van der Waals surface area contributed by atoms with Crippen LogP contribution in [0.4, 0.5) is 0 Å². The molecule has 2 aliphatic rings. The van der Waals surface area contributed by atoms with Gasteiger partial charge in [0, 0.05) is 18.2 Å². The Labute approximate surface area is 156 Å². The third kappa shape index (κ3) is 4.01. The summed E-state index contributed by atoms with van der Waals surface area (Å²) in [6, 6.07) is 6.64. The SMILES string of the molecule is CC1CC(CN)CN1C(=O)c1ccc(S(=O)(=O)C2CCCC2)cc1.Cl. The normalized spacial score (nSPS) is 24.3. The number of nitrogens with zero attached hydrogens (tertiary/aromatic N) is 1. The first-order valence-electron chi connectivity index (χ1n) is 8.78. The summed E-state index contributed by atoms with van der Waals surface area (Å²) in [6.45, 7) is 3.30. The third-order valence-electron chi connectivity index (χ3n) is 5.43. The number of rotatable bonds is 4. The van der Waals surface area contributed by atoms with Crippen LogP contribution in [0.3, 0.4) is 0 Å². The molecule has 1 aromatic carbocycles. The Kier molecular flexibility index (Phi) is 6.51. The Hall–Kier alpha value is -1.11. The van der Waals surface area contributed by atoms with Crippen molar-refractivity contribution in [3.63, 3.8) is 0 Å². The maximum Gasteiger partial charge on any atom is 0.254 e. The molecule has 0 bridgehead atoms. The summed E-state index contributed by atoms with van der Waals surface area (Å²) in [4.78, 5) is 14.9. The van der Waals surface area contributed by atoms with Crippen LogP contribution in [0.1, 0.15) is 49.4 Å². The molecule has 140 valence electrons. The molecule has 7 heteroatoms. The Morgan fingerprint density at radius 3 is 2.32 bits per heavy atom. The topological polar surface area (TPSA) is 80.5 Å². The highest BCUT2D eigenvalue weighted by molar-refractivity contribution is 7.92. The molecule has 2 N–H and O–H groups in total. The van der Waals surface area contributed by atoms with Gasteiger partial charge >= 0.3 is 0 Å². The standard InChI is InChI=1S/C18H26N2O3S.ClH/c1-13-10-14(11-19)12-20(13)18(21)15-6-8-17(9-7-15)24(22,23)16-4-2-3-5-16;/h6-9,13-14,16H,2-5,10-12,19H2,1H3;1H. The zero-order valence-corrected chi connectivity index (χ0v) is 16.2. The summed E-state index contributed by atoms with van der Waals surface area (Å²) in [7, 11) is -3.27. The molecule has 1 amide bonds. The highest BCUT2D eigenvalue weighted by atomic mass is 35.5. The number of hydrogen-bond acceptors (Lipinski definition) is 4. The largest absolute Gasteiger partial charge is 0.336 e. The fraction of sp³-hybridized carbons (Fsp3) is 0.611. The third-order valence-corrected chi connectivity index (χ3v) is 7.70. The van der Waals surface area contributed by atoms with Crippen LogP contribution in [0.2, 0.25) is 0 Å². The molecule has 1 aliphatic heterocycles. The molecular formula is C18H27ClN2O3S. The first-order valence-corrected chi connectivity index (χ1v) is 10.3. The molecule has 25 heavy (non-hydrogen) atoms. The van der Waals surface area contributed by atoms with E-state index in [0.717, 1.165) is 32.1 Å². The zero-order valence-electron chi connectivity index (χ0n) is 14.6. The van der Waals surface area contributed by atoms with E-state index in [9.17, 15) is 13.2 Å². The Morgan fingerprint density at radius 2 is 1.80 bits per heavy atom. The van der Waals surface area contributed by atoms with E-state index in [-0.39, 0.29) is 29.6 Å². The van der Waals surface area contributed by atoms with Crippen molar-refractivity contribution in [2.75, 3.05) is 13.1 Å². The van der Waals surface area contributed by atoms with Crippen LogP contribution >= 0.6 is 12.4 Å². The smallest absolute Gasteiger partial charge is 0.254 e. The number of hydrogen-bond donors (Lipinski definition) is 1. The van der Waals surface area contributed by atoms with E-state index in [1.54, 1.807) is 24.3 Å². The van der Waals surface area contributed by atoms with Gasteiger partial charge in [-0.3, -0.25) is 4.79 Å². The maximum atomic E-state index is 12.7. The van der Waals surface area contributed by atoms with Gasteiger partial charge in [0.05, 0.1) is 10.1 Å². The van der Waals surface area contributed by atoms with Crippen LogP contribution in [-0.2, 0) is 9.84 Å². The number of amides is 1. The second-order valence-corrected chi connectivity index (χ2v) is 9.35. The van der Waals surface area contributed by atoms with E-state index in [2.05, 4.69) is 0 Å². The van der Waals surface area contributed by atoms with E-state index in [0.29, 0.717) is 29.5 Å². The van der Waals surface area contributed by atoms with Crippen molar-refractivity contribution < 1.29 is 13.2 Å². The van der Waals surface area contributed by atoms with Gasteiger partial charge in [0.25, 0.3) is 5.91 Å². The molecule has 2 unspecified atom stereocenters. The monoisotopic (exact) mass is 386 g/mol. The molecule has 0 aromatic heterocycles. The highest BCUT2D eigenvalue weighted by Crippen LogP contribution is 2.30. The molecule has 1 aromatic rings. The van der Waals surface area contributed by atoms with Gasteiger partial charge in [-0.05, 0) is 62.9 Å². The van der Waals surface area contributed by atoms with Crippen molar-refractivity contribution in [1.82, 2.24) is 4.90 Å². The Balaban J connectivity index is 0.00000225. The van der Waals surface area contributed by atoms with Crippen LogP contribution in [0, 0.1) is 5.92 Å². The van der Waals surface area contributed by atoms with Crippen molar-refractivity contribution in [1.29, 1.82) is 0 Å². The summed E-state index contributed by atoms with van der Waals surface area (Å²) in [5.74, 6) is 0.314. The molecule has 0 spiro atoms. The van der Waals surface area contributed by atoms with Gasteiger partial charge in [0.2, 0.25) is 0 Å². The fourth-order valence-electron chi connectivity index (χ4n) is 3.94. The lowest BCUT2D eigenvalue weighted by Crippen LogP contribution is -2.34. The minimum absolute atomic E-state index is 0. The van der Waals surface area contributed by atoms with E-state index < -0.39 is 9.84 Å². The fourth-order valence-corrected chi connectivity index (χ4v) is 5.79. The molecule has 2 atom stereocenters. The van der Waals surface area contributed by atoms with E-state index in [1.807, 2.05) is 11.8 Å². The lowest BCUT2D eigenvalue weighted by Gasteiger charge is -2.21. The van der Waals surface area contributed by atoms with E-state index in [1.165, 1.54) is 0 Å². The number of carbonyl (C=O) groups is 1. The molecule has 5 nitrogen and oxygen atoms in total. The molecule has 1 heterocycles. The number of likely N-dealkylation sites (tertiary alicyclic amines) is 1. The highest BCUT2D eigenvalue weighted by Gasteiger charge is 2.33. The second kappa shape index (κ2) is 8.06. The molecule has 2 fully saturated rings. The molecule has 3 rings (SSSR count). The van der Waals surface area contributed by atoms with Crippen LogP contribution in [0.25, 0.3) is 0 Å². The lowest BCUT2D eigenvalue weighted by atomic mass is 10.1. The average molecular weight is 387 g/mol. The second-order valence-electron chi connectivity index (χ2n) is 7.12. The lowest BCUT2D eigenvalue weighted by molar-refractivity contribution is 0.0743. The molecule has 1 aliphatic carbocycles. The zero-order chi connectivity index (χ0) is 17.3. The van der Waals surface area contributed by atoms with Crippen molar-refractivity contribution in [2.45, 2.75) is 55.2 Å². The molecule has 1 saturated heterocycles. The maximum absolute atomic E-state index is 12.7. The molecule has 0 radical (unpaired) electrons. The van der Waals surface area contributed by atoms with Gasteiger partial charge in [-0.25, -0.2) is 8.42 Å². The minimum Gasteiger partial charge on any atom is -0.336 e. The first-order chi connectivity index (χ1) is 11.4. The average Bonchev–Trinajstić information content (AvgIpc) is 3.24. The van der Waals surface area contributed by atoms with Gasteiger partial charge < -0.3 is 10.6 Å². The summed E-state index contributed by atoms with van der Waals surface area (Å²) in [6.07, 6.45) is 4.38. The van der Waals surface area contributed by atoms with Crippen LogP contribution in [0.15, 0.2) is 29.2 Å². The number of halogens is 1. The minimum atomic E-state index is -3.27. The first kappa shape index (κ1) is 20.2. The van der Waals surface area contributed by atoms with Gasteiger partial charge in [-0.2, -0.15) is 0 Å². The Morgan fingerprint density at radius 1 is 1.20 bits per heavy atom. The summed E-state index contributed by atoms with van der Waals surface area (Å²) < 4.78 is 25.2. The van der Waals surface area contributed by atoms with Crippen LogP contribution in [-0.4, -0.2) is 43.6 Å². The van der Waals surface area contributed by atoms with Crippen LogP contribution < -0.4 is 5.73 Å². The van der Waals surface area contributed by atoms with E-state index in [4.69, 9.17) is 5.73 Å². The van der Waals surface area contributed by atoms with Crippen molar-refractivity contribution in [3.05, 3.63) is 29.8 Å². The van der Waals surface area contributed by atoms with Crippen molar-refractivity contribution in [2.24, 2.45) is 11.7 Å². The van der Waals surface area contributed by atoms with Crippen molar-refractivity contribution >= 4 is 28.2 Å². The number of carbonyl (C=O) groups excluding carboxylic acids is 1. The molecule has 1 saturated carbocycles. The van der Waals surface area contributed by atoms with Crippen molar-refractivity contribution in [3.8, 4) is 0 Å². The predicted octanol–water partition coefficient (Wildman–Crippen LogP) is 2.63. The number of sulfone groups is 1. The molecular weight excluding hydrogens is 360 g/mol. The summed E-state index contributed by atoms with van der Waals surface area (Å²) in [5.41, 5.74) is 6.27. The van der Waals surface area contributed by atoms with Gasteiger partial charge in [0.1, 0.15) is 0 Å².